The number of rotatable bonds is 6. The maximum Gasteiger partial charge on any atom is 0.0714 e. The van der Waals surface area contributed by atoms with Crippen LogP contribution in [0, 0.1) is 0 Å². The van der Waals surface area contributed by atoms with Crippen LogP contribution >= 0.6 is 0 Å². The van der Waals surface area contributed by atoms with E-state index in [4.69, 9.17) is 0 Å². The lowest BCUT2D eigenvalue weighted by Crippen LogP contribution is -2.28. The Balaban J connectivity index is 1.02. The first-order valence-corrected chi connectivity index (χ1v) is 22.4. The molecule has 0 unspecified atom stereocenters. The molecule has 2 aliphatic rings. The lowest BCUT2D eigenvalue weighted by atomic mass is 9.67. The molecule has 0 atom stereocenters. The Morgan fingerprint density at radius 1 is 0.359 bits per heavy atom. The van der Waals surface area contributed by atoms with E-state index in [-0.39, 0.29) is 5.41 Å². The van der Waals surface area contributed by atoms with Gasteiger partial charge in [-0.1, -0.05) is 190 Å². The van der Waals surface area contributed by atoms with Gasteiger partial charge in [0.2, 0.25) is 0 Å². The van der Waals surface area contributed by atoms with Gasteiger partial charge in [0.15, 0.2) is 0 Å². The third-order valence-electron chi connectivity index (χ3n) is 14.4. The van der Waals surface area contributed by atoms with Crippen LogP contribution in [0.15, 0.2) is 231 Å². The van der Waals surface area contributed by atoms with Gasteiger partial charge in [-0.2, -0.15) is 0 Å². The molecule has 0 saturated heterocycles. The van der Waals surface area contributed by atoms with Crippen molar-refractivity contribution in [3.05, 3.63) is 264 Å². The van der Waals surface area contributed by atoms with Crippen molar-refractivity contribution in [1.82, 2.24) is 4.57 Å². The largest absolute Gasteiger partial charge is 0.310 e. The average Bonchev–Trinajstić information content (AvgIpc) is 3.93. The summed E-state index contributed by atoms with van der Waals surface area (Å²) >= 11 is 0. The Kier molecular flexibility index (Phi) is 7.90. The van der Waals surface area contributed by atoms with Crippen molar-refractivity contribution in [3.63, 3.8) is 0 Å². The van der Waals surface area contributed by atoms with Crippen LogP contribution in [0.5, 0.6) is 0 Å². The second kappa shape index (κ2) is 13.8. The molecule has 2 nitrogen and oxygen atoms in total. The Morgan fingerprint density at radius 3 is 1.52 bits per heavy atom. The number of hydrogen-bond acceptors (Lipinski definition) is 1. The summed E-state index contributed by atoms with van der Waals surface area (Å²) in [6, 6.07) is 85.8. The minimum Gasteiger partial charge on any atom is -0.310 e. The van der Waals surface area contributed by atoms with Gasteiger partial charge in [0.05, 0.1) is 22.1 Å². The van der Waals surface area contributed by atoms with Crippen LogP contribution < -0.4 is 4.90 Å². The van der Waals surface area contributed by atoms with Crippen LogP contribution in [0.4, 0.5) is 17.1 Å². The van der Waals surface area contributed by atoms with Gasteiger partial charge in [-0.25, -0.2) is 0 Å². The fourth-order valence-electron chi connectivity index (χ4n) is 11.6. The zero-order valence-electron chi connectivity index (χ0n) is 35.8. The van der Waals surface area contributed by atoms with Crippen molar-refractivity contribution < 1.29 is 0 Å². The molecular weight excluding hydrogens is 773 g/mol. The van der Waals surface area contributed by atoms with Crippen LogP contribution in [0.25, 0.3) is 60.5 Å². The zero-order chi connectivity index (χ0) is 42.6. The standard InChI is InChI=1S/C62H44N2/c1-61(2)55-38-44(32-35-49(55)50-36-34-46(39-56(50)61)64-59-29-15-12-26-52(59)53-27-13-16-30-60(53)64)63(58-31-17-19-41-18-9-10-24-47(41)58)45-33-37-51-48-25-11-14-28-54(48)62(57(51)40-45,42-20-5-3-6-21-42)43-22-7-4-8-23-43/h3-40H,1-2H3. The highest BCUT2D eigenvalue weighted by atomic mass is 15.1. The van der Waals surface area contributed by atoms with Crippen LogP contribution in [0.1, 0.15) is 47.2 Å². The Labute approximate surface area is 374 Å². The van der Waals surface area contributed by atoms with Crippen molar-refractivity contribution in [2.75, 3.05) is 4.90 Å². The predicted molar refractivity (Wildman–Crippen MR) is 268 cm³/mol. The first-order valence-electron chi connectivity index (χ1n) is 22.4. The molecule has 0 bridgehead atoms. The van der Waals surface area contributed by atoms with E-state index < -0.39 is 5.41 Å². The van der Waals surface area contributed by atoms with E-state index in [1.165, 1.54) is 93.9 Å². The van der Waals surface area contributed by atoms with Crippen LogP contribution in [0.3, 0.4) is 0 Å². The molecule has 0 amide bonds. The maximum atomic E-state index is 2.51. The Morgan fingerprint density at radius 2 is 0.844 bits per heavy atom. The molecule has 1 aromatic heterocycles. The number of para-hydroxylation sites is 2. The van der Waals surface area contributed by atoms with E-state index in [2.05, 4.69) is 254 Å². The number of anilines is 3. The summed E-state index contributed by atoms with van der Waals surface area (Å²) in [7, 11) is 0. The summed E-state index contributed by atoms with van der Waals surface area (Å²) in [4.78, 5) is 2.51. The minimum absolute atomic E-state index is 0.255. The molecule has 10 aromatic carbocycles. The number of nitrogens with zero attached hydrogens (tertiary/aromatic N) is 2. The van der Waals surface area contributed by atoms with Gasteiger partial charge in [-0.05, 0) is 116 Å². The van der Waals surface area contributed by atoms with Crippen molar-refractivity contribution in [2.45, 2.75) is 24.7 Å². The number of hydrogen-bond donors (Lipinski definition) is 0. The fraction of sp³-hybridized carbons (Fsp3) is 0.0645. The number of fused-ring (bicyclic) bond motifs is 10. The van der Waals surface area contributed by atoms with E-state index in [1.807, 2.05) is 0 Å². The molecular formula is C62H44N2. The molecule has 0 spiro atoms. The lowest BCUT2D eigenvalue weighted by Gasteiger charge is -2.35. The summed E-state index contributed by atoms with van der Waals surface area (Å²) in [5.41, 5.74) is 19.3. The summed E-state index contributed by atoms with van der Waals surface area (Å²) in [5.74, 6) is 0. The van der Waals surface area contributed by atoms with Crippen LogP contribution in [0.2, 0.25) is 0 Å². The van der Waals surface area contributed by atoms with Crippen molar-refractivity contribution in [3.8, 4) is 27.9 Å². The van der Waals surface area contributed by atoms with Crippen molar-refractivity contribution in [1.29, 1.82) is 0 Å². The SMILES string of the molecule is CC1(C)c2cc(N(c3ccc4c(c3)C(c3ccccc3)(c3ccccc3)c3ccccc3-4)c3cccc4ccccc34)ccc2-c2ccc(-n3c4ccccc4c4ccccc43)cc21. The zero-order valence-corrected chi connectivity index (χ0v) is 35.8. The third kappa shape index (κ3) is 5.08. The molecule has 0 fully saturated rings. The molecule has 0 N–H and O–H groups in total. The minimum atomic E-state index is -0.509. The lowest BCUT2D eigenvalue weighted by molar-refractivity contribution is 0.660. The molecule has 302 valence electrons. The van der Waals surface area contributed by atoms with E-state index in [0.29, 0.717) is 0 Å². The predicted octanol–water partition coefficient (Wildman–Crippen LogP) is 16.1. The van der Waals surface area contributed by atoms with Crippen molar-refractivity contribution in [2.24, 2.45) is 0 Å². The molecule has 2 heteroatoms. The first kappa shape index (κ1) is 36.7. The number of aromatic nitrogens is 1. The van der Waals surface area contributed by atoms with Crippen molar-refractivity contribution >= 4 is 49.6 Å². The first-order chi connectivity index (χ1) is 31.5. The molecule has 0 radical (unpaired) electrons. The normalized spacial score (nSPS) is 14.0. The highest BCUT2D eigenvalue weighted by molar-refractivity contribution is 6.09. The van der Waals surface area contributed by atoms with Crippen LogP contribution in [-0.4, -0.2) is 4.57 Å². The monoisotopic (exact) mass is 816 g/mol. The molecule has 0 aliphatic heterocycles. The van der Waals surface area contributed by atoms with Crippen LogP contribution in [-0.2, 0) is 10.8 Å². The van der Waals surface area contributed by atoms with E-state index in [1.54, 1.807) is 0 Å². The summed E-state index contributed by atoms with van der Waals surface area (Å²) < 4.78 is 2.44. The molecule has 64 heavy (non-hydrogen) atoms. The smallest absolute Gasteiger partial charge is 0.0714 e. The van der Waals surface area contributed by atoms with Gasteiger partial charge >= 0.3 is 0 Å². The average molecular weight is 817 g/mol. The highest BCUT2D eigenvalue weighted by Crippen LogP contribution is 2.58. The Bertz CT molecular complexity index is 3550. The van der Waals surface area contributed by atoms with E-state index in [9.17, 15) is 0 Å². The second-order valence-electron chi connectivity index (χ2n) is 18.0. The topological polar surface area (TPSA) is 8.17 Å². The second-order valence-corrected chi connectivity index (χ2v) is 18.0. The fourth-order valence-corrected chi connectivity index (χ4v) is 11.6. The van der Waals surface area contributed by atoms with Gasteiger partial charge in [-0.15, -0.1) is 0 Å². The van der Waals surface area contributed by atoms with Gasteiger partial charge in [0.1, 0.15) is 0 Å². The third-order valence-corrected chi connectivity index (χ3v) is 14.4. The quantitative estimate of drug-likeness (QED) is 0.162. The maximum absolute atomic E-state index is 2.51. The summed E-state index contributed by atoms with van der Waals surface area (Å²) in [5, 5.41) is 4.98. The van der Waals surface area contributed by atoms with Gasteiger partial charge < -0.3 is 9.47 Å². The summed E-state index contributed by atoms with van der Waals surface area (Å²) in [6.07, 6.45) is 0. The van der Waals surface area contributed by atoms with Gasteiger partial charge in [0, 0.05) is 38.6 Å². The molecule has 1 heterocycles. The molecule has 2 aliphatic carbocycles. The van der Waals surface area contributed by atoms with Gasteiger partial charge in [0.25, 0.3) is 0 Å². The Hall–Kier alpha value is -7.94. The summed E-state index contributed by atoms with van der Waals surface area (Å²) in [6.45, 7) is 4.81. The molecule has 13 rings (SSSR count). The van der Waals surface area contributed by atoms with E-state index in [0.717, 1.165) is 17.1 Å². The highest BCUT2D eigenvalue weighted by Gasteiger charge is 2.46. The van der Waals surface area contributed by atoms with Gasteiger partial charge in [-0.3, -0.25) is 0 Å². The van der Waals surface area contributed by atoms with E-state index >= 15 is 0 Å². The molecule has 11 aromatic rings. The molecule has 0 saturated carbocycles. The number of benzene rings is 10.